The van der Waals surface area contributed by atoms with Crippen molar-refractivity contribution in [3.05, 3.63) is 47.0 Å². The van der Waals surface area contributed by atoms with Gasteiger partial charge in [0, 0.05) is 4.47 Å². The Labute approximate surface area is 92.4 Å². The highest BCUT2D eigenvalue weighted by Crippen LogP contribution is 2.11. The minimum atomic E-state index is 0.438. The van der Waals surface area contributed by atoms with Crippen LogP contribution in [-0.4, -0.2) is 12.3 Å². The fraction of sp³-hybridized carbons (Fsp3) is 0.182. The molecule has 74 valence electrons. The first kappa shape index (κ1) is 11.0. The van der Waals surface area contributed by atoms with Crippen molar-refractivity contribution in [3.63, 3.8) is 0 Å². The van der Waals surface area contributed by atoms with Gasteiger partial charge in [-0.2, -0.15) is 0 Å². The molecule has 0 aromatic heterocycles. The van der Waals surface area contributed by atoms with E-state index in [1.807, 2.05) is 31.2 Å². The van der Waals surface area contributed by atoms with Crippen molar-refractivity contribution < 1.29 is 4.84 Å². The summed E-state index contributed by atoms with van der Waals surface area (Å²) < 4.78 is 1.06. The molecule has 0 aliphatic carbocycles. The molecule has 0 spiro atoms. The zero-order valence-electron chi connectivity index (χ0n) is 8.03. The van der Waals surface area contributed by atoms with Gasteiger partial charge in [0.15, 0.2) is 0 Å². The van der Waals surface area contributed by atoms with Crippen molar-refractivity contribution in [2.24, 2.45) is 5.16 Å². The molecule has 0 N–H and O–H groups in total. The van der Waals surface area contributed by atoms with E-state index in [9.17, 15) is 0 Å². The van der Waals surface area contributed by atoms with Crippen LogP contribution in [0.4, 0.5) is 0 Å². The fourth-order valence-electron chi connectivity index (χ4n) is 0.931. The summed E-state index contributed by atoms with van der Waals surface area (Å²) in [5.74, 6) is 0. The highest BCUT2D eigenvalue weighted by Gasteiger charge is 1.96. The summed E-state index contributed by atoms with van der Waals surface area (Å²) in [7, 11) is 0. The smallest absolute Gasteiger partial charge is 0.135 e. The van der Waals surface area contributed by atoms with Crippen molar-refractivity contribution in [3.8, 4) is 0 Å². The predicted molar refractivity (Wildman–Crippen MR) is 62.5 cm³/mol. The molecule has 0 fully saturated rings. The van der Waals surface area contributed by atoms with Gasteiger partial charge < -0.3 is 4.84 Å². The summed E-state index contributed by atoms with van der Waals surface area (Å²) in [5.41, 5.74) is 1.91. The Hall–Kier alpha value is -1.09. The van der Waals surface area contributed by atoms with Crippen LogP contribution in [0.25, 0.3) is 0 Å². The molecule has 3 heteroatoms. The second kappa shape index (κ2) is 5.60. The van der Waals surface area contributed by atoms with Gasteiger partial charge in [-0.3, -0.25) is 0 Å². The first-order chi connectivity index (χ1) is 6.74. The molecule has 0 bridgehead atoms. The third-order valence-electron chi connectivity index (χ3n) is 1.66. The van der Waals surface area contributed by atoms with Crippen molar-refractivity contribution >= 4 is 21.6 Å². The van der Waals surface area contributed by atoms with Gasteiger partial charge in [-0.05, 0) is 24.6 Å². The maximum atomic E-state index is 4.99. The summed E-state index contributed by atoms with van der Waals surface area (Å²) in [6.45, 7) is 5.89. The Morgan fingerprint density at radius 3 is 2.71 bits per heavy atom. The van der Waals surface area contributed by atoms with Crippen molar-refractivity contribution in [1.82, 2.24) is 0 Å². The number of oxime groups is 1. The average molecular weight is 254 g/mol. The molecule has 2 nitrogen and oxygen atoms in total. The largest absolute Gasteiger partial charge is 0.391 e. The second-order valence-electron chi connectivity index (χ2n) is 2.77. The van der Waals surface area contributed by atoms with E-state index in [-0.39, 0.29) is 0 Å². The van der Waals surface area contributed by atoms with Crippen molar-refractivity contribution in [2.75, 3.05) is 6.61 Å². The van der Waals surface area contributed by atoms with Crippen LogP contribution in [0.15, 0.2) is 46.5 Å². The quantitative estimate of drug-likeness (QED) is 0.349. The maximum absolute atomic E-state index is 4.99. The van der Waals surface area contributed by atoms with Gasteiger partial charge in [0.1, 0.15) is 6.61 Å². The molecular formula is C11H12BrNO. The molecule has 0 heterocycles. The monoisotopic (exact) mass is 253 g/mol. The van der Waals surface area contributed by atoms with Gasteiger partial charge in [0.2, 0.25) is 0 Å². The SMILES string of the molecule is C=CCON=C(C)c1ccc(Br)cc1. The lowest BCUT2D eigenvalue weighted by Gasteiger charge is -2.00. The first-order valence-corrected chi connectivity index (χ1v) is 5.06. The Morgan fingerprint density at radius 2 is 2.14 bits per heavy atom. The molecule has 0 radical (unpaired) electrons. The van der Waals surface area contributed by atoms with E-state index >= 15 is 0 Å². The predicted octanol–water partition coefficient (Wildman–Crippen LogP) is 3.38. The van der Waals surface area contributed by atoms with Crippen LogP contribution in [-0.2, 0) is 4.84 Å². The van der Waals surface area contributed by atoms with E-state index in [4.69, 9.17) is 4.84 Å². The summed E-state index contributed by atoms with van der Waals surface area (Å²) in [6, 6.07) is 7.92. The molecule has 0 aliphatic rings. The lowest BCUT2D eigenvalue weighted by atomic mass is 10.1. The maximum Gasteiger partial charge on any atom is 0.135 e. The van der Waals surface area contributed by atoms with E-state index in [0.717, 1.165) is 15.7 Å². The zero-order valence-corrected chi connectivity index (χ0v) is 9.62. The molecule has 0 saturated heterocycles. The molecular weight excluding hydrogens is 242 g/mol. The molecule has 14 heavy (non-hydrogen) atoms. The molecule has 0 unspecified atom stereocenters. The van der Waals surface area contributed by atoms with Gasteiger partial charge in [0.05, 0.1) is 5.71 Å². The first-order valence-electron chi connectivity index (χ1n) is 4.27. The van der Waals surface area contributed by atoms with Gasteiger partial charge in [-0.15, -0.1) is 0 Å². The topological polar surface area (TPSA) is 21.6 Å². The number of hydrogen-bond donors (Lipinski definition) is 0. The summed E-state index contributed by atoms with van der Waals surface area (Å²) >= 11 is 3.37. The molecule has 0 aliphatic heterocycles. The van der Waals surface area contributed by atoms with Crippen molar-refractivity contribution in [2.45, 2.75) is 6.92 Å². The van der Waals surface area contributed by atoms with Crippen LogP contribution < -0.4 is 0 Å². The van der Waals surface area contributed by atoms with Crippen LogP contribution in [0.3, 0.4) is 0 Å². The lowest BCUT2D eigenvalue weighted by Crippen LogP contribution is -1.95. The normalized spacial score (nSPS) is 11.1. The van der Waals surface area contributed by atoms with E-state index in [0.29, 0.717) is 6.61 Å². The van der Waals surface area contributed by atoms with Crippen molar-refractivity contribution in [1.29, 1.82) is 0 Å². The molecule has 0 saturated carbocycles. The van der Waals surface area contributed by atoms with E-state index < -0.39 is 0 Å². The Kier molecular flexibility index (Phi) is 4.40. The van der Waals surface area contributed by atoms with Crippen LogP contribution in [0.1, 0.15) is 12.5 Å². The minimum Gasteiger partial charge on any atom is -0.391 e. The zero-order chi connectivity index (χ0) is 10.4. The Bertz CT molecular complexity index is 330. The number of benzene rings is 1. The minimum absolute atomic E-state index is 0.438. The molecule has 0 atom stereocenters. The third kappa shape index (κ3) is 3.34. The molecule has 1 aromatic rings. The summed E-state index contributed by atoms with van der Waals surface area (Å²) in [4.78, 5) is 4.99. The summed E-state index contributed by atoms with van der Waals surface area (Å²) in [6.07, 6.45) is 1.67. The number of halogens is 1. The molecule has 1 rings (SSSR count). The Balaban J connectivity index is 2.68. The average Bonchev–Trinajstić information content (AvgIpc) is 2.19. The van der Waals surface area contributed by atoms with Gasteiger partial charge in [0.25, 0.3) is 0 Å². The van der Waals surface area contributed by atoms with Gasteiger partial charge in [-0.25, -0.2) is 0 Å². The van der Waals surface area contributed by atoms with Crippen LogP contribution in [0.5, 0.6) is 0 Å². The Morgan fingerprint density at radius 1 is 1.50 bits per heavy atom. The molecule has 0 amide bonds. The summed E-state index contributed by atoms with van der Waals surface area (Å²) in [5, 5.41) is 3.94. The van der Waals surface area contributed by atoms with Gasteiger partial charge >= 0.3 is 0 Å². The van der Waals surface area contributed by atoms with Crippen LogP contribution >= 0.6 is 15.9 Å². The lowest BCUT2D eigenvalue weighted by molar-refractivity contribution is 0.175. The van der Waals surface area contributed by atoms with Gasteiger partial charge in [-0.1, -0.05) is 45.9 Å². The fourth-order valence-corrected chi connectivity index (χ4v) is 1.19. The van der Waals surface area contributed by atoms with Crippen LogP contribution in [0, 0.1) is 0 Å². The number of rotatable bonds is 4. The highest BCUT2D eigenvalue weighted by molar-refractivity contribution is 9.10. The standard InChI is InChI=1S/C11H12BrNO/c1-3-8-14-13-9(2)10-4-6-11(12)7-5-10/h3-7H,1,8H2,2H3. The molecule has 1 aromatic carbocycles. The number of nitrogens with zero attached hydrogens (tertiary/aromatic N) is 1. The second-order valence-corrected chi connectivity index (χ2v) is 3.68. The highest BCUT2D eigenvalue weighted by atomic mass is 79.9. The van der Waals surface area contributed by atoms with Crippen LogP contribution in [0.2, 0.25) is 0 Å². The van der Waals surface area contributed by atoms with E-state index in [1.165, 1.54) is 0 Å². The number of hydrogen-bond acceptors (Lipinski definition) is 2. The van der Waals surface area contributed by atoms with E-state index in [2.05, 4.69) is 27.7 Å². The van der Waals surface area contributed by atoms with E-state index in [1.54, 1.807) is 6.08 Å². The third-order valence-corrected chi connectivity index (χ3v) is 2.18.